The van der Waals surface area contributed by atoms with Gasteiger partial charge in [-0.3, -0.25) is 4.98 Å². The van der Waals surface area contributed by atoms with Gasteiger partial charge < -0.3 is 15.2 Å². The smallest absolute Gasteiger partial charge is 0.415 e. The van der Waals surface area contributed by atoms with Crippen molar-refractivity contribution in [2.24, 2.45) is 0 Å². The van der Waals surface area contributed by atoms with Gasteiger partial charge in [-0.25, -0.2) is 0 Å². The summed E-state index contributed by atoms with van der Waals surface area (Å²) in [4.78, 5) is 3.85. The molecule has 2 N–H and O–H groups in total. The van der Waals surface area contributed by atoms with Crippen LogP contribution in [0.3, 0.4) is 0 Å². The fourth-order valence-electron chi connectivity index (χ4n) is 1.43. The van der Waals surface area contributed by atoms with Crippen LogP contribution in [0, 0.1) is 0 Å². The Labute approximate surface area is 103 Å². The van der Waals surface area contributed by atoms with Crippen molar-refractivity contribution in [3.63, 3.8) is 0 Å². The summed E-state index contributed by atoms with van der Waals surface area (Å²) >= 11 is 0. The zero-order valence-corrected chi connectivity index (χ0v) is 10.0. The number of ether oxygens (including phenoxy) is 1. The van der Waals surface area contributed by atoms with E-state index in [1.165, 1.54) is 19.5 Å². The fraction of sp³-hybridized carbons (Fsp3) is 0.545. The minimum atomic E-state index is -4.62. The highest BCUT2D eigenvalue weighted by Gasteiger charge is 2.38. The lowest BCUT2D eigenvalue weighted by Gasteiger charge is -2.20. The minimum absolute atomic E-state index is 0.389. The Morgan fingerprint density at radius 3 is 2.72 bits per heavy atom. The van der Waals surface area contributed by atoms with Gasteiger partial charge in [0.2, 0.25) is 0 Å². The van der Waals surface area contributed by atoms with Crippen molar-refractivity contribution < 1.29 is 23.0 Å². The van der Waals surface area contributed by atoms with Crippen LogP contribution in [0.1, 0.15) is 18.5 Å². The Morgan fingerprint density at radius 1 is 1.50 bits per heavy atom. The number of aliphatic hydroxyl groups excluding tert-OH is 1. The maximum atomic E-state index is 12.1. The zero-order valence-electron chi connectivity index (χ0n) is 10.0. The van der Waals surface area contributed by atoms with E-state index < -0.39 is 18.8 Å². The molecule has 0 fully saturated rings. The molecule has 1 rings (SSSR count). The first-order chi connectivity index (χ1) is 8.36. The van der Waals surface area contributed by atoms with Crippen LogP contribution < -0.4 is 10.1 Å². The second-order valence-corrected chi connectivity index (χ2v) is 3.80. The molecule has 0 radical (unpaired) electrons. The van der Waals surface area contributed by atoms with E-state index in [-0.39, 0.29) is 6.04 Å². The van der Waals surface area contributed by atoms with Crippen LogP contribution in [-0.2, 0) is 0 Å². The number of nitrogens with one attached hydrogen (secondary N) is 1. The van der Waals surface area contributed by atoms with Crippen molar-refractivity contribution >= 4 is 0 Å². The number of alkyl halides is 3. The third kappa shape index (κ3) is 3.85. The Balaban J connectivity index is 2.63. The van der Waals surface area contributed by atoms with Gasteiger partial charge >= 0.3 is 6.18 Å². The molecule has 102 valence electrons. The highest BCUT2D eigenvalue weighted by Crippen LogP contribution is 2.24. The van der Waals surface area contributed by atoms with Gasteiger partial charge in [-0.2, -0.15) is 13.2 Å². The molecular weight excluding hydrogens is 249 g/mol. The van der Waals surface area contributed by atoms with Crippen LogP contribution in [0.15, 0.2) is 18.5 Å². The number of aliphatic hydroxyl groups is 1. The lowest BCUT2D eigenvalue weighted by molar-refractivity contribution is -0.202. The lowest BCUT2D eigenvalue weighted by atomic mass is 10.1. The number of aromatic nitrogens is 1. The highest BCUT2D eigenvalue weighted by molar-refractivity contribution is 5.32. The first-order valence-electron chi connectivity index (χ1n) is 5.32. The molecule has 0 unspecified atom stereocenters. The van der Waals surface area contributed by atoms with Crippen molar-refractivity contribution in [1.29, 1.82) is 0 Å². The van der Waals surface area contributed by atoms with Crippen molar-refractivity contribution in [2.45, 2.75) is 25.2 Å². The standard InChI is InChI=1S/C11H15F3N2O2/c1-7(16-6-10(17)11(12,13)14)8-3-4-15-5-9(8)18-2/h3-5,7,10,16-17H,6H2,1-2H3/t7-,10-/m0/s1. The number of halogens is 3. The molecule has 18 heavy (non-hydrogen) atoms. The molecule has 0 aliphatic carbocycles. The van der Waals surface area contributed by atoms with E-state index in [2.05, 4.69) is 10.3 Å². The Morgan fingerprint density at radius 2 is 2.17 bits per heavy atom. The van der Waals surface area contributed by atoms with Gasteiger partial charge in [0.25, 0.3) is 0 Å². The second-order valence-electron chi connectivity index (χ2n) is 3.80. The van der Waals surface area contributed by atoms with Crippen molar-refractivity contribution in [3.05, 3.63) is 24.0 Å². The van der Waals surface area contributed by atoms with Gasteiger partial charge in [0.1, 0.15) is 5.75 Å². The summed E-state index contributed by atoms with van der Waals surface area (Å²) in [5.74, 6) is 0.485. The maximum absolute atomic E-state index is 12.1. The van der Waals surface area contributed by atoms with Crippen LogP contribution >= 0.6 is 0 Å². The summed E-state index contributed by atoms with van der Waals surface area (Å²) in [6.07, 6.45) is -3.99. The van der Waals surface area contributed by atoms with Gasteiger partial charge in [0.15, 0.2) is 6.10 Å². The topological polar surface area (TPSA) is 54.4 Å². The lowest BCUT2D eigenvalue weighted by Crippen LogP contribution is -2.39. The molecule has 0 amide bonds. The molecule has 7 heteroatoms. The predicted molar refractivity (Wildman–Crippen MR) is 59.3 cm³/mol. The summed E-state index contributed by atoms with van der Waals surface area (Å²) in [6.45, 7) is 1.11. The molecule has 1 heterocycles. The number of hydrogen-bond donors (Lipinski definition) is 2. The van der Waals surface area contributed by atoms with E-state index in [9.17, 15) is 13.2 Å². The summed E-state index contributed by atoms with van der Waals surface area (Å²) in [6, 6.07) is 1.26. The molecule has 0 spiro atoms. The molecule has 1 aromatic heterocycles. The van der Waals surface area contributed by atoms with Crippen molar-refractivity contribution in [3.8, 4) is 5.75 Å². The van der Waals surface area contributed by atoms with Gasteiger partial charge in [-0.15, -0.1) is 0 Å². The Bertz CT molecular complexity index is 385. The van der Waals surface area contributed by atoms with E-state index in [1.807, 2.05) is 0 Å². The molecule has 1 aromatic rings. The van der Waals surface area contributed by atoms with Crippen molar-refractivity contribution in [2.75, 3.05) is 13.7 Å². The molecule has 4 nitrogen and oxygen atoms in total. The predicted octanol–water partition coefficient (Wildman–Crippen LogP) is 1.66. The van der Waals surface area contributed by atoms with E-state index >= 15 is 0 Å². The Hall–Kier alpha value is -1.34. The highest BCUT2D eigenvalue weighted by atomic mass is 19.4. The minimum Gasteiger partial charge on any atom is -0.495 e. The van der Waals surface area contributed by atoms with Crippen molar-refractivity contribution in [1.82, 2.24) is 10.3 Å². The van der Waals surface area contributed by atoms with Gasteiger partial charge in [0.05, 0.1) is 13.3 Å². The van der Waals surface area contributed by atoms with Crippen LogP contribution in [0.5, 0.6) is 5.75 Å². The molecule has 0 aliphatic rings. The number of nitrogens with zero attached hydrogens (tertiary/aromatic N) is 1. The largest absolute Gasteiger partial charge is 0.495 e. The summed E-state index contributed by atoms with van der Waals surface area (Å²) < 4.78 is 41.4. The van der Waals surface area contributed by atoms with Crippen LogP contribution in [0.25, 0.3) is 0 Å². The third-order valence-electron chi connectivity index (χ3n) is 2.50. The molecule has 0 saturated carbocycles. The molecule has 2 atom stereocenters. The first-order valence-corrected chi connectivity index (χ1v) is 5.32. The van der Waals surface area contributed by atoms with Crippen LogP contribution in [0.4, 0.5) is 13.2 Å². The van der Waals surface area contributed by atoms with Gasteiger partial charge in [-0.1, -0.05) is 0 Å². The summed E-state index contributed by atoms with van der Waals surface area (Å²) in [5.41, 5.74) is 0.682. The molecule has 0 bridgehead atoms. The molecular formula is C11H15F3N2O2. The number of pyridine rings is 1. The summed E-state index contributed by atoms with van der Waals surface area (Å²) in [5, 5.41) is 11.5. The number of rotatable bonds is 5. The SMILES string of the molecule is COc1cnccc1[C@H](C)NC[C@H](O)C(F)(F)F. The third-order valence-corrected chi connectivity index (χ3v) is 2.50. The van der Waals surface area contributed by atoms with Gasteiger partial charge in [-0.05, 0) is 13.0 Å². The van der Waals surface area contributed by atoms with Crippen LogP contribution in [-0.4, -0.2) is 36.0 Å². The molecule has 0 aromatic carbocycles. The maximum Gasteiger partial charge on any atom is 0.415 e. The van der Waals surface area contributed by atoms with E-state index in [4.69, 9.17) is 9.84 Å². The van der Waals surface area contributed by atoms with E-state index in [0.717, 1.165) is 0 Å². The van der Waals surface area contributed by atoms with Gasteiger partial charge in [0, 0.05) is 24.3 Å². The Kier molecular flexibility index (Phi) is 4.92. The first kappa shape index (κ1) is 14.7. The number of methoxy groups -OCH3 is 1. The second kappa shape index (κ2) is 6.01. The monoisotopic (exact) mass is 264 g/mol. The molecule has 0 saturated heterocycles. The van der Waals surface area contributed by atoms with Crippen LogP contribution in [0.2, 0.25) is 0 Å². The van der Waals surface area contributed by atoms with E-state index in [1.54, 1.807) is 13.0 Å². The summed E-state index contributed by atoms with van der Waals surface area (Å²) in [7, 11) is 1.46. The molecule has 0 aliphatic heterocycles. The fourth-order valence-corrected chi connectivity index (χ4v) is 1.43. The average Bonchev–Trinajstić information content (AvgIpc) is 2.34. The van der Waals surface area contributed by atoms with E-state index in [0.29, 0.717) is 11.3 Å². The number of hydrogen-bond acceptors (Lipinski definition) is 4. The zero-order chi connectivity index (χ0) is 13.8. The quantitative estimate of drug-likeness (QED) is 0.849. The average molecular weight is 264 g/mol. The normalized spacial score (nSPS) is 15.2.